The van der Waals surface area contributed by atoms with Crippen LogP contribution < -0.4 is 0 Å². The largest absolute Gasteiger partial charge is 0.419 e. The summed E-state index contributed by atoms with van der Waals surface area (Å²) in [5.74, 6) is -4.76. The van der Waals surface area contributed by atoms with Gasteiger partial charge in [0.05, 0.1) is 17.6 Å². The highest BCUT2D eigenvalue weighted by Crippen LogP contribution is 2.56. The van der Waals surface area contributed by atoms with Crippen molar-refractivity contribution in [1.82, 2.24) is 25.0 Å². The van der Waals surface area contributed by atoms with Gasteiger partial charge in [-0.15, -0.1) is 21.5 Å². The summed E-state index contributed by atoms with van der Waals surface area (Å²) < 4.78 is 36.7. The van der Waals surface area contributed by atoms with Gasteiger partial charge in [0, 0.05) is 47.5 Å². The van der Waals surface area contributed by atoms with Crippen LogP contribution in [-0.2, 0) is 10.7 Å². The second kappa shape index (κ2) is 8.39. The molecule has 0 bridgehead atoms. The number of benzene rings is 1. The van der Waals surface area contributed by atoms with E-state index in [-0.39, 0.29) is 41.1 Å². The van der Waals surface area contributed by atoms with E-state index in [0.29, 0.717) is 29.0 Å². The fraction of sp³-hybridized carbons (Fsp3) is 0.480. The van der Waals surface area contributed by atoms with E-state index in [2.05, 4.69) is 45.0 Å². The first kappa shape index (κ1) is 24.6. The van der Waals surface area contributed by atoms with Gasteiger partial charge in [-0.2, -0.15) is 8.78 Å². The zero-order valence-corrected chi connectivity index (χ0v) is 22.6. The Morgan fingerprint density at radius 3 is 2.43 bits per heavy atom. The SMILES string of the molecule is CC1(C)C[C@@H]1C(=O)N1CC2(CN(C(=O)c3cncs3)CC2c2nnc(C(F)(F)c3ccc(Br)cc3)o2)C1. The van der Waals surface area contributed by atoms with E-state index in [4.69, 9.17) is 4.42 Å². The molecule has 3 aliphatic rings. The Labute approximate surface area is 224 Å². The molecule has 2 saturated heterocycles. The van der Waals surface area contributed by atoms with Crippen LogP contribution in [0.2, 0.25) is 0 Å². The topological polar surface area (TPSA) is 92.4 Å². The molecule has 3 fully saturated rings. The maximum absolute atomic E-state index is 15.2. The lowest BCUT2D eigenvalue weighted by atomic mass is 9.71. The summed E-state index contributed by atoms with van der Waals surface area (Å²) in [4.78, 5) is 34.1. The molecule has 4 heterocycles. The van der Waals surface area contributed by atoms with E-state index in [0.717, 1.165) is 6.42 Å². The molecular weight excluding hydrogens is 568 g/mol. The average Bonchev–Trinajstić information content (AvgIpc) is 3.37. The third-order valence-corrected chi connectivity index (χ3v) is 9.22. The fourth-order valence-electron chi connectivity index (χ4n) is 5.53. The van der Waals surface area contributed by atoms with Gasteiger partial charge in [0.15, 0.2) is 0 Å². The summed E-state index contributed by atoms with van der Waals surface area (Å²) in [5.41, 5.74) is 0.794. The van der Waals surface area contributed by atoms with Crippen LogP contribution in [0.4, 0.5) is 8.78 Å². The van der Waals surface area contributed by atoms with Gasteiger partial charge < -0.3 is 14.2 Å². The number of carbonyl (C=O) groups excluding carboxylic acids is 2. The Morgan fingerprint density at radius 1 is 1.14 bits per heavy atom. The van der Waals surface area contributed by atoms with Crippen molar-refractivity contribution in [3.05, 3.63) is 62.7 Å². The Balaban J connectivity index is 1.27. The van der Waals surface area contributed by atoms with Crippen molar-refractivity contribution in [2.45, 2.75) is 32.1 Å². The Kier molecular flexibility index (Phi) is 5.58. The molecule has 6 rings (SSSR count). The van der Waals surface area contributed by atoms with Crippen LogP contribution in [0.25, 0.3) is 0 Å². The number of likely N-dealkylation sites (tertiary alicyclic amines) is 2. The molecule has 8 nitrogen and oxygen atoms in total. The summed E-state index contributed by atoms with van der Waals surface area (Å²) in [6.45, 7) is 5.58. The lowest BCUT2D eigenvalue weighted by molar-refractivity contribution is -0.146. The molecule has 1 spiro atoms. The van der Waals surface area contributed by atoms with Crippen LogP contribution in [0, 0.1) is 16.7 Å². The lowest BCUT2D eigenvalue weighted by Crippen LogP contribution is -2.62. The summed E-state index contributed by atoms with van der Waals surface area (Å²) in [6, 6.07) is 5.65. The summed E-state index contributed by atoms with van der Waals surface area (Å²) in [6.07, 6.45) is 2.37. The second-order valence-corrected chi connectivity index (χ2v) is 12.7. The number of carbonyl (C=O) groups is 2. The summed E-state index contributed by atoms with van der Waals surface area (Å²) in [7, 11) is 0. The molecule has 2 aliphatic heterocycles. The molecule has 3 aromatic rings. The molecule has 12 heteroatoms. The molecule has 2 aromatic heterocycles. The number of thiazole rings is 1. The normalized spacial score (nSPS) is 23.8. The molecule has 2 amide bonds. The van der Waals surface area contributed by atoms with Crippen molar-refractivity contribution >= 4 is 39.1 Å². The van der Waals surface area contributed by atoms with Gasteiger partial charge >= 0.3 is 5.92 Å². The predicted octanol–water partition coefficient (Wildman–Crippen LogP) is 4.54. The van der Waals surface area contributed by atoms with E-state index in [9.17, 15) is 9.59 Å². The van der Waals surface area contributed by atoms with Crippen molar-refractivity contribution in [2.75, 3.05) is 26.2 Å². The smallest absolute Gasteiger partial charge is 0.349 e. The zero-order chi connectivity index (χ0) is 26.2. The van der Waals surface area contributed by atoms with Gasteiger partial charge in [0.25, 0.3) is 11.8 Å². The number of alkyl halides is 2. The first-order valence-electron chi connectivity index (χ1n) is 11.9. The molecule has 1 saturated carbocycles. The maximum atomic E-state index is 15.2. The molecule has 0 radical (unpaired) electrons. The Hall–Kier alpha value is -2.73. The predicted molar refractivity (Wildman–Crippen MR) is 133 cm³/mol. The number of nitrogens with zero attached hydrogens (tertiary/aromatic N) is 5. The quantitative estimate of drug-likeness (QED) is 0.432. The number of amides is 2. The van der Waals surface area contributed by atoms with Gasteiger partial charge in [0.2, 0.25) is 11.8 Å². The molecule has 2 atom stereocenters. The van der Waals surface area contributed by atoms with Gasteiger partial charge in [-0.3, -0.25) is 14.6 Å². The van der Waals surface area contributed by atoms with Crippen molar-refractivity contribution < 1.29 is 22.8 Å². The molecular formula is C25H24BrF2N5O3S. The number of rotatable bonds is 5. The number of hydrogen-bond donors (Lipinski definition) is 0. The Bertz CT molecular complexity index is 1350. The van der Waals surface area contributed by atoms with E-state index < -0.39 is 23.1 Å². The van der Waals surface area contributed by atoms with E-state index >= 15 is 8.78 Å². The first-order valence-corrected chi connectivity index (χ1v) is 13.6. The Morgan fingerprint density at radius 2 is 1.81 bits per heavy atom. The van der Waals surface area contributed by atoms with Crippen LogP contribution in [0.5, 0.6) is 0 Å². The van der Waals surface area contributed by atoms with E-state index in [1.165, 1.54) is 41.8 Å². The highest BCUT2D eigenvalue weighted by molar-refractivity contribution is 9.10. The maximum Gasteiger partial charge on any atom is 0.349 e. The molecule has 0 N–H and O–H groups in total. The van der Waals surface area contributed by atoms with Crippen LogP contribution in [-0.4, -0.2) is 63.0 Å². The molecule has 1 aliphatic carbocycles. The first-order chi connectivity index (χ1) is 17.5. The average molecular weight is 592 g/mol. The van der Waals surface area contributed by atoms with Crippen molar-refractivity contribution in [1.29, 1.82) is 0 Å². The third kappa shape index (κ3) is 4.08. The highest BCUT2D eigenvalue weighted by atomic mass is 79.9. The van der Waals surface area contributed by atoms with Crippen molar-refractivity contribution in [3.63, 3.8) is 0 Å². The monoisotopic (exact) mass is 591 g/mol. The van der Waals surface area contributed by atoms with Gasteiger partial charge in [0.1, 0.15) is 4.88 Å². The van der Waals surface area contributed by atoms with E-state index in [1.54, 1.807) is 15.3 Å². The molecule has 194 valence electrons. The summed E-state index contributed by atoms with van der Waals surface area (Å²) >= 11 is 4.49. The van der Waals surface area contributed by atoms with E-state index in [1.807, 2.05) is 0 Å². The second-order valence-electron chi connectivity index (χ2n) is 10.9. The van der Waals surface area contributed by atoms with Gasteiger partial charge in [-0.05, 0) is 24.0 Å². The van der Waals surface area contributed by atoms with Crippen molar-refractivity contribution in [3.8, 4) is 0 Å². The summed E-state index contributed by atoms with van der Waals surface area (Å²) in [5, 5.41) is 7.74. The standard InChI is InChI=1S/C25H24BrF2N5O3S/c1-23(2)7-16(23)20(34)33-11-24(12-33)10-32(21(35)18-8-29-13-37-18)9-17(24)19-30-31-22(36-19)25(27,28)14-3-5-15(26)6-4-14/h3-6,8,13,16-17H,7,9-12H2,1-2H3/t16-,17?/m1/s1. The van der Waals surface area contributed by atoms with Crippen molar-refractivity contribution in [2.24, 2.45) is 16.7 Å². The van der Waals surface area contributed by atoms with Gasteiger partial charge in [-0.1, -0.05) is 41.9 Å². The third-order valence-electron chi connectivity index (χ3n) is 7.93. The minimum atomic E-state index is -3.48. The van der Waals surface area contributed by atoms with Gasteiger partial charge in [-0.25, -0.2) is 0 Å². The number of halogens is 3. The van der Waals surface area contributed by atoms with Crippen LogP contribution >= 0.6 is 27.3 Å². The highest BCUT2D eigenvalue weighted by Gasteiger charge is 2.62. The fourth-order valence-corrected chi connectivity index (χ4v) is 6.38. The zero-order valence-electron chi connectivity index (χ0n) is 20.2. The lowest BCUT2D eigenvalue weighted by Gasteiger charge is -2.50. The van der Waals surface area contributed by atoms with Crippen LogP contribution in [0.1, 0.15) is 53.2 Å². The minimum absolute atomic E-state index is 0.000704. The minimum Gasteiger partial charge on any atom is -0.419 e. The van der Waals surface area contributed by atoms with Crippen LogP contribution in [0.15, 0.2) is 44.9 Å². The van der Waals surface area contributed by atoms with Crippen LogP contribution in [0.3, 0.4) is 0 Å². The number of hydrogen-bond acceptors (Lipinski definition) is 7. The molecule has 1 unspecified atom stereocenters. The molecule has 1 aromatic carbocycles. The number of aromatic nitrogens is 3. The molecule has 37 heavy (non-hydrogen) atoms.